The highest BCUT2D eigenvalue weighted by atomic mass is 32.1. The largest absolute Gasteiger partial charge is 0.497 e. The molecule has 2 amide bonds. The van der Waals surface area contributed by atoms with Crippen LogP contribution >= 0.6 is 11.3 Å². The van der Waals surface area contributed by atoms with Gasteiger partial charge in [-0.05, 0) is 60.3 Å². The van der Waals surface area contributed by atoms with Gasteiger partial charge in [0.15, 0.2) is 0 Å². The van der Waals surface area contributed by atoms with Gasteiger partial charge in [0.1, 0.15) is 17.6 Å². The maximum atomic E-state index is 13.7. The Morgan fingerprint density at radius 1 is 1.03 bits per heavy atom. The molecule has 0 saturated heterocycles. The van der Waals surface area contributed by atoms with Crippen LogP contribution in [0.3, 0.4) is 0 Å². The number of methoxy groups -OCH3 is 1. The Balaban J connectivity index is 1.69. The Bertz CT molecular complexity index is 1200. The molecule has 1 N–H and O–H groups in total. The van der Waals surface area contributed by atoms with Crippen molar-refractivity contribution in [3.05, 3.63) is 106 Å². The predicted octanol–water partition coefficient (Wildman–Crippen LogP) is 5.61. The number of anilines is 1. The molecule has 2 aromatic heterocycles. The lowest BCUT2D eigenvalue weighted by Gasteiger charge is -2.31. The Labute approximate surface area is 202 Å². The first-order chi connectivity index (χ1) is 16.5. The summed E-state index contributed by atoms with van der Waals surface area (Å²) in [6.07, 6.45) is 1.77. The molecule has 0 radical (unpaired) electrons. The maximum Gasteiger partial charge on any atom is 0.251 e. The van der Waals surface area contributed by atoms with Gasteiger partial charge in [0, 0.05) is 10.6 Å². The molecule has 0 unspecified atom stereocenters. The van der Waals surface area contributed by atoms with Crippen LogP contribution in [0.1, 0.15) is 27.8 Å². The van der Waals surface area contributed by atoms with Crippen LogP contribution in [0.5, 0.6) is 5.75 Å². The number of ether oxygens (including phenoxy) is 1. The van der Waals surface area contributed by atoms with Crippen LogP contribution in [-0.2, 0) is 22.6 Å². The fourth-order valence-corrected chi connectivity index (χ4v) is 4.36. The third-order valence-corrected chi connectivity index (χ3v) is 6.32. The highest BCUT2D eigenvalue weighted by Crippen LogP contribution is 2.28. The van der Waals surface area contributed by atoms with Crippen molar-refractivity contribution in [3.63, 3.8) is 0 Å². The molecule has 0 aliphatic heterocycles. The van der Waals surface area contributed by atoms with Gasteiger partial charge in [-0.3, -0.25) is 9.59 Å². The molecule has 34 heavy (non-hydrogen) atoms. The van der Waals surface area contributed by atoms with Crippen molar-refractivity contribution < 1.29 is 18.7 Å². The van der Waals surface area contributed by atoms with Crippen molar-refractivity contribution in [1.29, 1.82) is 0 Å². The van der Waals surface area contributed by atoms with Crippen molar-refractivity contribution in [3.8, 4) is 5.75 Å². The summed E-state index contributed by atoms with van der Waals surface area (Å²) in [5.41, 5.74) is 2.41. The van der Waals surface area contributed by atoms with Gasteiger partial charge in [-0.2, -0.15) is 0 Å². The van der Waals surface area contributed by atoms with Gasteiger partial charge in [0.05, 0.1) is 26.3 Å². The van der Waals surface area contributed by atoms with Crippen LogP contribution in [0.2, 0.25) is 0 Å². The number of rotatable bonds is 9. The summed E-state index contributed by atoms with van der Waals surface area (Å²) in [5, 5.41) is 4.90. The zero-order valence-electron chi connectivity index (χ0n) is 19.1. The number of hydrogen-bond acceptors (Lipinski definition) is 5. The first kappa shape index (κ1) is 23.3. The maximum absolute atomic E-state index is 13.7. The minimum absolute atomic E-state index is 0.158. The van der Waals surface area contributed by atoms with Gasteiger partial charge in [0.25, 0.3) is 5.91 Å². The number of furan rings is 1. The van der Waals surface area contributed by atoms with E-state index >= 15 is 0 Å². The number of aryl methyl sites for hydroxylation is 1. The minimum atomic E-state index is -0.847. The fourth-order valence-electron chi connectivity index (χ4n) is 3.66. The summed E-state index contributed by atoms with van der Waals surface area (Å²) >= 11 is 1.52. The van der Waals surface area contributed by atoms with E-state index in [-0.39, 0.29) is 24.8 Å². The summed E-state index contributed by atoms with van der Waals surface area (Å²) in [6.45, 7) is 2.16. The molecule has 0 spiro atoms. The SMILES string of the molecule is COc1ccc(NC(=O)[C@H](c2ccc(C)cc2)N(Cc2ccco2)C(=O)Cc2cccs2)cc1. The molecule has 4 rings (SSSR count). The Kier molecular flexibility index (Phi) is 7.44. The fraction of sp³-hybridized carbons (Fsp3) is 0.185. The Hall–Kier alpha value is -3.84. The van der Waals surface area contributed by atoms with Crippen molar-refractivity contribution in [1.82, 2.24) is 4.90 Å². The van der Waals surface area contributed by atoms with Crippen LogP contribution in [0.25, 0.3) is 0 Å². The minimum Gasteiger partial charge on any atom is -0.497 e. The summed E-state index contributed by atoms with van der Waals surface area (Å²) in [6, 6.07) is 21.3. The zero-order valence-corrected chi connectivity index (χ0v) is 19.9. The average molecular weight is 475 g/mol. The van der Waals surface area contributed by atoms with Crippen molar-refractivity contribution >= 4 is 28.8 Å². The normalized spacial score (nSPS) is 11.6. The summed E-state index contributed by atoms with van der Waals surface area (Å²) in [5.74, 6) is 0.835. The average Bonchev–Trinajstić information content (AvgIpc) is 3.55. The van der Waals surface area contributed by atoms with Crippen LogP contribution in [0.4, 0.5) is 5.69 Å². The zero-order chi connectivity index (χ0) is 23.9. The number of nitrogens with zero attached hydrogens (tertiary/aromatic N) is 1. The van der Waals surface area contributed by atoms with Crippen molar-refractivity contribution in [2.24, 2.45) is 0 Å². The standard InChI is InChI=1S/C27H26N2O4S/c1-19-7-9-20(10-8-19)26(27(31)28-21-11-13-22(32-2)14-12-21)29(18-23-5-3-15-33-23)25(30)17-24-6-4-16-34-24/h3-16,26H,17-18H2,1-2H3,(H,28,31)/t26-/m0/s1. The van der Waals surface area contributed by atoms with Crippen molar-refractivity contribution in [2.45, 2.75) is 25.9 Å². The molecule has 6 nitrogen and oxygen atoms in total. The van der Waals surface area contributed by atoms with E-state index in [1.54, 1.807) is 54.7 Å². The monoisotopic (exact) mass is 474 g/mol. The molecule has 2 aromatic carbocycles. The molecule has 7 heteroatoms. The van der Waals surface area contributed by atoms with Gasteiger partial charge in [0.2, 0.25) is 5.91 Å². The molecule has 4 aromatic rings. The molecule has 0 aliphatic carbocycles. The number of nitrogens with one attached hydrogen (secondary N) is 1. The molecule has 0 aliphatic rings. The van der Waals surface area contributed by atoms with Crippen LogP contribution in [0.15, 0.2) is 88.9 Å². The van der Waals surface area contributed by atoms with E-state index in [1.807, 2.05) is 48.7 Å². The van der Waals surface area contributed by atoms with Gasteiger partial charge in [-0.1, -0.05) is 35.9 Å². The van der Waals surface area contributed by atoms with Crippen LogP contribution in [0, 0.1) is 6.92 Å². The first-order valence-electron chi connectivity index (χ1n) is 10.9. The van der Waals surface area contributed by atoms with Crippen molar-refractivity contribution in [2.75, 3.05) is 12.4 Å². The molecule has 1 atom stereocenters. The third kappa shape index (κ3) is 5.74. The lowest BCUT2D eigenvalue weighted by atomic mass is 10.0. The highest BCUT2D eigenvalue weighted by Gasteiger charge is 2.32. The highest BCUT2D eigenvalue weighted by molar-refractivity contribution is 7.10. The van der Waals surface area contributed by atoms with Gasteiger partial charge < -0.3 is 19.4 Å². The lowest BCUT2D eigenvalue weighted by Crippen LogP contribution is -2.41. The van der Waals surface area contributed by atoms with E-state index in [0.29, 0.717) is 17.2 Å². The van der Waals surface area contributed by atoms with Gasteiger partial charge in [-0.25, -0.2) is 0 Å². The second-order valence-corrected chi connectivity index (χ2v) is 8.92. The summed E-state index contributed by atoms with van der Waals surface area (Å²) in [4.78, 5) is 29.7. The molecular formula is C27H26N2O4S. The summed E-state index contributed by atoms with van der Waals surface area (Å²) < 4.78 is 10.7. The molecular weight excluding hydrogens is 448 g/mol. The predicted molar refractivity (Wildman–Crippen MR) is 133 cm³/mol. The first-order valence-corrected chi connectivity index (χ1v) is 11.8. The number of carbonyl (C=O) groups is 2. The number of benzene rings is 2. The summed E-state index contributed by atoms with van der Waals surface area (Å²) in [7, 11) is 1.59. The van der Waals surface area contributed by atoms with E-state index < -0.39 is 6.04 Å². The molecule has 2 heterocycles. The smallest absolute Gasteiger partial charge is 0.251 e. The van der Waals surface area contributed by atoms with Gasteiger partial charge >= 0.3 is 0 Å². The molecule has 0 fully saturated rings. The van der Waals surface area contributed by atoms with Gasteiger partial charge in [-0.15, -0.1) is 11.3 Å². The van der Waals surface area contributed by atoms with E-state index in [4.69, 9.17) is 9.15 Å². The number of thiophene rings is 1. The third-order valence-electron chi connectivity index (χ3n) is 5.44. The number of hydrogen-bond donors (Lipinski definition) is 1. The van der Waals surface area contributed by atoms with Crippen LogP contribution in [-0.4, -0.2) is 23.8 Å². The topological polar surface area (TPSA) is 71.8 Å². The lowest BCUT2D eigenvalue weighted by molar-refractivity contribution is -0.139. The molecule has 174 valence electrons. The Morgan fingerprint density at radius 2 is 1.79 bits per heavy atom. The Morgan fingerprint density at radius 3 is 2.41 bits per heavy atom. The number of carbonyl (C=O) groups excluding carboxylic acids is 2. The van der Waals surface area contributed by atoms with E-state index in [9.17, 15) is 9.59 Å². The van der Waals surface area contributed by atoms with Crippen LogP contribution < -0.4 is 10.1 Å². The quantitative estimate of drug-likeness (QED) is 0.342. The van der Waals surface area contributed by atoms with E-state index in [1.165, 1.54) is 11.3 Å². The van der Waals surface area contributed by atoms with E-state index in [0.717, 1.165) is 16.0 Å². The molecule has 0 saturated carbocycles. The second kappa shape index (κ2) is 10.9. The van der Waals surface area contributed by atoms with E-state index in [2.05, 4.69) is 5.32 Å². The second-order valence-electron chi connectivity index (χ2n) is 7.89. The molecule has 0 bridgehead atoms. The number of amides is 2.